The first-order chi connectivity index (χ1) is 7.80. The summed E-state index contributed by atoms with van der Waals surface area (Å²) in [6.45, 7) is 7.75. The fourth-order valence-electron chi connectivity index (χ4n) is 1.91. The van der Waals surface area contributed by atoms with Gasteiger partial charge < -0.3 is 10.4 Å². The lowest BCUT2D eigenvalue weighted by molar-refractivity contribution is -0.139. The molecule has 0 fully saturated rings. The summed E-state index contributed by atoms with van der Waals surface area (Å²) in [7, 11) is 0. The van der Waals surface area contributed by atoms with Crippen molar-refractivity contribution in [3.63, 3.8) is 0 Å². The van der Waals surface area contributed by atoms with Gasteiger partial charge in [0.2, 0.25) is 5.91 Å². The Kier molecular flexibility index (Phi) is 6.85. The molecule has 0 radical (unpaired) electrons. The van der Waals surface area contributed by atoms with Gasteiger partial charge in [0.15, 0.2) is 0 Å². The van der Waals surface area contributed by atoms with E-state index in [2.05, 4.69) is 12.2 Å². The van der Waals surface area contributed by atoms with Crippen LogP contribution in [0, 0.1) is 5.41 Å². The number of carboxylic acids is 1. The first-order valence-corrected chi connectivity index (χ1v) is 6.32. The molecule has 0 aliphatic rings. The lowest BCUT2D eigenvalue weighted by Gasteiger charge is -2.23. The molecule has 17 heavy (non-hydrogen) atoms. The highest BCUT2D eigenvalue weighted by molar-refractivity contribution is 5.78. The summed E-state index contributed by atoms with van der Waals surface area (Å²) in [4.78, 5) is 22.4. The molecular weight excluding hydrogens is 218 g/mol. The third-order valence-corrected chi connectivity index (χ3v) is 2.76. The van der Waals surface area contributed by atoms with Gasteiger partial charge in [-0.05, 0) is 18.3 Å². The molecule has 2 N–H and O–H groups in total. The minimum atomic E-state index is -0.858. The Morgan fingerprint density at radius 1 is 1.24 bits per heavy atom. The third kappa shape index (κ3) is 7.77. The Bertz CT molecular complexity index is 261. The van der Waals surface area contributed by atoms with Crippen molar-refractivity contribution in [2.45, 2.75) is 65.8 Å². The minimum absolute atomic E-state index is 0.0188. The van der Waals surface area contributed by atoms with Crippen LogP contribution in [0.3, 0.4) is 0 Å². The van der Waals surface area contributed by atoms with E-state index in [1.807, 2.05) is 20.8 Å². The molecule has 0 aromatic rings. The van der Waals surface area contributed by atoms with E-state index in [9.17, 15) is 9.59 Å². The van der Waals surface area contributed by atoms with Crippen LogP contribution in [0.4, 0.5) is 0 Å². The van der Waals surface area contributed by atoms with Crippen molar-refractivity contribution in [1.29, 1.82) is 0 Å². The van der Waals surface area contributed by atoms with E-state index in [1.165, 1.54) is 0 Å². The van der Waals surface area contributed by atoms with Crippen LogP contribution in [0.25, 0.3) is 0 Å². The largest absolute Gasteiger partial charge is 0.481 e. The van der Waals surface area contributed by atoms with E-state index in [1.54, 1.807) is 0 Å². The molecule has 4 nitrogen and oxygen atoms in total. The van der Waals surface area contributed by atoms with Gasteiger partial charge in [-0.3, -0.25) is 9.59 Å². The predicted octanol–water partition coefficient (Wildman–Crippen LogP) is 2.57. The van der Waals surface area contributed by atoms with Crippen molar-refractivity contribution in [1.82, 2.24) is 5.32 Å². The Balaban J connectivity index is 4.19. The Hall–Kier alpha value is -1.06. The first-order valence-electron chi connectivity index (χ1n) is 6.32. The smallest absolute Gasteiger partial charge is 0.303 e. The van der Waals surface area contributed by atoms with Crippen LogP contribution in [0.1, 0.15) is 59.8 Å². The zero-order valence-corrected chi connectivity index (χ0v) is 11.4. The van der Waals surface area contributed by atoms with Gasteiger partial charge in [0.25, 0.3) is 0 Å². The Morgan fingerprint density at radius 3 is 2.24 bits per heavy atom. The van der Waals surface area contributed by atoms with E-state index in [0.29, 0.717) is 0 Å². The SMILES string of the molecule is CCCC(CC)NC(=O)CC(C)(C)CC(=O)O. The molecule has 4 heteroatoms. The molecule has 0 spiro atoms. The number of carbonyl (C=O) groups is 2. The number of aliphatic carboxylic acids is 1. The molecule has 0 heterocycles. The number of rotatable bonds is 8. The van der Waals surface area contributed by atoms with Crippen molar-refractivity contribution in [2.24, 2.45) is 5.41 Å². The second kappa shape index (κ2) is 7.30. The van der Waals surface area contributed by atoms with Gasteiger partial charge in [0.05, 0.1) is 6.42 Å². The zero-order chi connectivity index (χ0) is 13.5. The van der Waals surface area contributed by atoms with Crippen molar-refractivity contribution >= 4 is 11.9 Å². The number of nitrogens with one attached hydrogen (secondary N) is 1. The fraction of sp³-hybridized carbons (Fsp3) is 0.846. The molecule has 1 atom stereocenters. The summed E-state index contributed by atoms with van der Waals surface area (Å²) < 4.78 is 0. The minimum Gasteiger partial charge on any atom is -0.481 e. The van der Waals surface area contributed by atoms with E-state index in [-0.39, 0.29) is 24.8 Å². The van der Waals surface area contributed by atoms with Crippen LogP contribution in [-0.2, 0) is 9.59 Å². The van der Waals surface area contributed by atoms with Gasteiger partial charge >= 0.3 is 5.97 Å². The van der Waals surface area contributed by atoms with E-state index in [4.69, 9.17) is 5.11 Å². The quantitative estimate of drug-likeness (QED) is 0.688. The molecule has 100 valence electrons. The first kappa shape index (κ1) is 15.9. The number of amides is 1. The third-order valence-electron chi connectivity index (χ3n) is 2.76. The topological polar surface area (TPSA) is 66.4 Å². The summed E-state index contributed by atoms with van der Waals surface area (Å²) in [5.41, 5.74) is -0.486. The molecule has 1 amide bonds. The van der Waals surface area contributed by atoms with Crippen molar-refractivity contribution < 1.29 is 14.7 Å². The predicted molar refractivity (Wildman–Crippen MR) is 67.8 cm³/mol. The lowest BCUT2D eigenvalue weighted by atomic mass is 9.85. The number of hydrogen-bond acceptors (Lipinski definition) is 2. The molecule has 1 unspecified atom stereocenters. The Morgan fingerprint density at radius 2 is 1.82 bits per heavy atom. The van der Waals surface area contributed by atoms with E-state index in [0.717, 1.165) is 19.3 Å². The summed E-state index contributed by atoms with van der Waals surface area (Å²) >= 11 is 0. The average Bonchev–Trinajstić information content (AvgIpc) is 2.13. The van der Waals surface area contributed by atoms with Crippen LogP contribution >= 0.6 is 0 Å². The monoisotopic (exact) mass is 243 g/mol. The molecule has 0 bridgehead atoms. The maximum Gasteiger partial charge on any atom is 0.303 e. The second-order valence-electron chi connectivity index (χ2n) is 5.37. The fourth-order valence-corrected chi connectivity index (χ4v) is 1.91. The molecule has 0 aliphatic heterocycles. The van der Waals surface area contributed by atoms with Gasteiger partial charge in [-0.2, -0.15) is 0 Å². The van der Waals surface area contributed by atoms with Crippen molar-refractivity contribution in [3.8, 4) is 0 Å². The lowest BCUT2D eigenvalue weighted by Crippen LogP contribution is -2.37. The maximum absolute atomic E-state index is 11.8. The van der Waals surface area contributed by atoms with Gasteiger partial charge in [0.1, 0.15) is 0 Å². The van der Waals surface area contributed by atoms with Crippen LogP contribution < -0.4 is 5.32 Å². The van der Waals surface area contributed by atoms with E-state index < -0.39 is 11.4 Å². The van der Waals surface area contributed by atoms with Crippen LogP contribution in [0.2, 0.25) is 0 Å². The van der Waals surface area contributed by atoms with Gasteiger partial charge in [0, 0.05) is 12.5 Å². The van der Waals surface area contributed by atoms with Gasteiger partial charge in [-0.1, -0.05) is 34.1 Å². The molecule has 0 saturated carbocycles. The average molecular weight is 243 g/mol. The second-order valence-corrected chi connectivity index (χ2v) is 5.37. The number of hydrogen-bond donors (Lipinski definition) is 2. The Labute approximate surface area is 104 Å². The number of carbonyl (C=O) groups excluding carboxylic acids is 1. The molecular formula is C13H25NO3. The highest BCUT2D eigenvalue weighted by Gasteiger charge is 2.25. The summed E-state index contributed by atoms with van der Waals surface area (Å²) in [6, 6.07) is 0.216. The molecule has 0 aromatic carbocycles. The summed E-state index contributed by atoms with van der Waals surface area (Å²) in [5.74, 6) is -0.903. The summed E-state index contributed by atoms with van der Waals surface area (Å²) in [5, 5.41) is 11.7. The zero-order valence-electron chi connectivity index (χ0n) is 11.4. The molecule has 0 saturated heterocycles. The van der Waals surface area contributed by atoms with Crippen molar-refractivity contribution in [3.05, 3.63) is 0 Å². The molecule has 0 rings (SSSR count). The maximum atomic E-state index is 11.8. The van der Waals surface area contributed by atoms with Crippen molar-refractivity contribution in [2.75, 3.05) is 0 Å². The molecule has 0 aromatic heterocycles. The molecule has 0 aliphatic carbocycles. The summed E-state index contributed by atoms with van der Waals surface area (Å²) in [6.07, 6.45) is 3.21. The van der Waals surface area contributed by atoms with Gasteiger partial charge in [-0.25, -0.2) is 0 Å². The normalized spacial score (nSPS) is 13.2. The van der Waals surface area contributed by atoms with E-state index >= 15 is 0 Å². The van der Waals surface area contributed by atoms with Crippen LogP contribution in [0.15, 0.2) is 0 Å². The number of carboxylic acid groups (broad SMARTS) is 1. The van der Waals surface area contributed by atoms with Crippen LogP contribution in [0.5, 0.6) is 0 Å². The van der Waals surface area contributed by atoms with Gasteiger partial charge in [-0.15, -0.1) is 0 Å². The highest BCUT2D eigenvalue weighted by atomic mass is 16.4. The standard InChI is InChI=1S/C13H25NO3/c1-5-7-10(6-2)14-11(15)8-13(3,4)9-12(16)17/h10H,5-9H2,1-4H3,(H,14,15)(H,16,17). The highest BCUT2D eigenvalue weighted by Crippen LogP contribution is 2.24. The van der Waals surface area contributed by atoms with Crippen LogP contribution in [-0.4, -0.2) is 23.0 Å².